The van der Waals surface area contributed by atoms with E-state index in [0.29, 0.717) is 0 Å². The number of hydrogen-bond acceptors (Lipinski definition) is 4. The predicted molar refractivity (Wildman–Crippen MR) is 101 cm³/mol. The van der Waals surface area contributed by atoms with Gasteiger partial charge in [-0.05, 0) is 25.9 Å². The molecule has 0 bridgehead atoms. The number of amides is 1. The Morgan fingerprint density at radius 1 is 1.28 bits per heavy atom. The van der Waals surface area contributed by atoms with Gasteiger partial charge in [0.15, 0.2) is 4.96 Å². The Bertz CT molecular complexity index is 862. The van der Waals surface area contributed by atoms with Gasteiger partial charge in [0.25, 0.3) is 0 Å². The monoisotopic (exact) mass is 354 g/mol. The number of carbonyl (C=O) groups is 1. The highest BCUT2D eigenvalue weighted by molar-refractivity contribution is 7.15. The van der Waals surface area contributed by atoms with Crippen LogP contribution in [0.25, 0.3) is 16.2 Å². The van der Waals surface area contributed by atoms with Crippen molar-refractivity contribution in [3.63, 3.8) is 0 Å². The Hall–Kier alpha value is -2.18. The van der Waals surface area contributed by atoms with Crippen LogP contribution < -0.4 is 5.32 Å². The number of piperidine rings is 1. The summed E-state index contributed by atoms with van der Waals surface area (Å²) in [5, 5.41) is 4.86. The first-order chi connectivity index (χ1) is 12.3. The largest absolute Gasteiger partial charge is 0.359 e. The normalized spacial score (nSPS) is 16.4. The second kappa shape index (κ2) is 6.98. The van der Waals surface area contributed by atoms with Gasteiger partial charge < -0.3 is 5.32 Å². The summed E-state index contributed by atoms with van der Waals surface area (Å²) in [5.41, 5.74) is 3.47. The van der Waals surface area contributed by atoms with Crippen molar-refractivity contribution in [3.05, 3.63) is 47.6 Å². The number of aromatic nitrogens is 2. The van der Waals surface area contributed by atoms with Crippen LogP contribution >= 0.6 is 11.3 Å². The highest BCUT2D eigenvalue weighted by Crippen LogP contribution is 2.29. The molecule has 1 amide bonds. The number of nitrogens with zero attached hydrogens (tertiary/aromatic N) is 3. The topological polar surface area (TPSA) is 49.6 Å². The molecular formula is C19H22N4OS. The minimum Gasteiger partial charge on any atom is -0.359 e. The van der Waals surface area contributed by atoms with E-state index in [9.17, 15) is 4.79 Å². The van der Waals surface area contributed by atoms with Gasteiger partial charge in [-0.25, -0.2) is 4.98 Å². The number of carbonyl (C=O) groups excluding carboxylic acids is 1. The minimum atomic E-state index is 0.154. The Balaban J connectivity index is 1.57. The van der Waals surface area contributed by atoms with Crippen molar-refractivity contribution in [1.29, 1.82) is 0 Å². The maximum absolute atomic E-state index is 11.8. The van der Waals surface area contributed by atoms with Crippen LogP contribution in [0.5, 0.6) is 0 Å². The molecule has 1 N–H and O–H groups in total. The molecule has 1 aliphatic rings. The van der Waals surface area contributed by atoms with Crippen molar-refractivity contribution in [2.75, 3.05) is 20.1 Å². The maximum Gasteiger partial charge on any atom is 0.222 e. The molecule has 6 heteroatoms. The fraction of sp³-hybridized carbons (Fsp3) is 0.368. The molecule has 0 saturated carbocycles. The number of nitrogens with one attached hydrogen (secondary N) is 1. The van der Waals surface area contributed by atoms with Gasteiger partial charge in [0, 0.05) is 36.7 Å². The van der Waals surface area contributed by atoms with Crippen LogP contribution in [0, 0.1) is 5.92 Å². The van der Waals surface area contributed by atoms with Gasteiger partial charge in [0.1, 0.15) is 0 Å². The molecule has 0 aliphatic carbocycles. The van der Waals surface area contributed by atoms with Gasteiger partial charge in [-0.15, -0.1) is 11.3 Å². The van der Waals surface area contributed by atoms with Crippen LogP contribution in [-0.4, -0.2) is 40.3 Å². The number of fused-ring (bicyclic) bond motifs is 1. The molecule has 1 fully saturated rings. The Morgan fingerprint density at radius 3 is 2.76 bits per heavy atom. The van der Waals surface area contributed by atoms with E-state index in [4.69, 9.17) is 4.98 Å². The van der Waals surface area contributed by atoms with E-state index in [0.717, 1.165) is 48.7 Å². The maximum atomic E-state index is 11.8. The highest BCUT2D eigenvalue weighted by atomic mass is 32.1. The summed E-state index contributed by atoms with van der Waals surface area (Å²) >= 11 is 1.67. The average Bonchev–Trinajstić information content (AvgIpc) is 3.25. The smallest absolute Gasteiger partial charge is 0.222 e. The number of benzene rings is 1. The lowest BCUT2D eigenvalue weighted by Gasteiger charge is -2.31. The van der Waals surface area contributed by atoms with Crippen molar-refractivity contribution < 1.29 is 4.79 Å². The molecule has 0 radical (unpaired) electrons. The average molecular weight is 354 g/mol. The van der Waals surface area contributed by atoms with Gasteiger partial charge in [0.2, 0.25) is 5.91 Å². The van der Waals surface area contributed by atoms with Crippen molar-refractivity contribution in [1.82, 2.24) is 19.6 Å². The third kappa shape index (κ3) is 3.19. The van der Waals surface area contributed by atoms with Gasteiger partial charge in [-0.2, -0.15) is 0 Å². The second-order valence-electron chi connectivity index (χ2n) is 6.49. The van der Waals surface area contributed by atoms with E-state index in [-0.39, 0.29) is 11.8 Å². The molecule has 130 valence electrons. The third-order valence-electron chi connectivity index (χ3n) is 4.99. The first-order valence-corrected chi connectivity index (χ1v) is 9.58. The van der Waals surface area contributed by atoms with Crippen LogP contribution in [0.1, 0.15) is 18.5 Å². The molecule has 0 unspecified atom stereocenters. The molecule has 5 nitrogen and oxygen atoms in total. The molecule has 1 aliphatic heterocycles. The summed E-state index contributed by atoms with van der Waals surface area (Å²) in [7, 11) is 1.72. The zero-order chi connectivity index (χ0) is 17.2. The van der Waals surface area contributed by atoms with Crippen molar-refractivity contribution >= 4 is 22.2 Å². The summed E-state index contributed by atoms with van der Waals surface area (Å²) in [6.07, 6.45) is 3.95. The summed E-state index contributed by atoms with van der Waals surface area (Å²) < 4.78 is 2.21. The van der Waals surface area contributed by atoms with E-state index in [1.807, 2.05) is 6.07 Å². The van der Waals surface area contributed by atoms with Crippen molar-refractivity contribution in [2.24, 2.45) is 5.92 Å². The Kier molecular flexibility index (Phi) is 4.55. The Labute approximate surface area is 151 Å². The summed E-state index contributed by atoms with van der Waals surface area (Å²) in [4.78, 5) is 20.2. The number of thiazole rings is 1. The summed E-state index contributed by atoms with van der Waals surface area (Å²) in [5.74, 6) is 0.329. The van der Waals surface area contributed by atoms with E-state index < -0.39 is 0 Å². The van der Waals surface area contributed by atoms with E-state index in [1.54, 1.807) is 18.4 Å². The fourth-order valence-corrected chi connectivity index (χ4v) is 4.31. The zero-order valence-corrected chi connectivity index (χ0v) is 15.1. The molecule has 3 aromatic rings. The van der Waals surface area contributed by atoms with Gasteiger partial charge in [-0.3, -0.25) is 14.1 Å². The molecule has 0 spiro atoms. The third-order valence-corrected chi connectivity index (χ3v) is 5.74. The molecular weight excluding hydrogens is 332 g/mol. The van der Waals surface area contributed by atoms with Gasteiger partial charge >= 0.3 is 0 Å². The first-order valence-electron chi connectivity index (χ1n) is 8.70. The number of likely N-dealkylation sites (tertiary alicyclic amines) is 1. The van der Waals surface area contributed by atoms with Crippen LogP contribution in [0.2, 0.25) is 0 Å². The lowest BCUT2D eigenvalue weighted by Crippen LogP contribution is -2.39. The van der Waals surface area contributed by atoms with Crippen LogP contribution in [0.4, 0.5) is 0 Å². The van der Waals surface area contributed by atoms with E-state index >= 15 is 0 Å². The molecule has 4 rings (SSSR count). The lowest BCUT2D eigenvalue weighted by atomic mass is 9.96. The van der Waals surface area contributed by atoms with E-state index in [2.05, 4.69) is 50.5 Å². The number of hydrogen-bond donors (Lipinski definition) is 1. The molecule has 25 heavy (non-hydrogen) atoms. The first kappa shape index (κ1) is 16.3. The SMILES string of the molecule is CNC(=O)C1CCN(Cc2c(-c3ccccc3)nc3sccn23)CC1. The quantitative estimate of drug-likeness (QED) is 0.783. The number of rotatable bonds is 4. The molecule has 1 saturated heterocycles. The highest BCUT2D eigenvalue weighted by Gasteiger charge is 2.26. The molecule has 2 aromatic heterocycles. The fourth-order valence-electron chi connectivity index (χ4n) is 3.58. The molecule has 0 atom stereocenters. The minimum absolute atomic E-state index is 0.154. The van der Waals surface area contributed by atoms with E-state index in [1.165, 1.54) is 5.69 Å². The van der Waals surface area contributed by atoms with Crippen LogP contribution in [0.15, 0.2) is 41.9 Å². The van der Waals surface area contributed by atoms with Crippen molar-refractivity contribution in [3.8, 4) is 11.3 Å². The Morgan fingerprint density at radius 2 is 2.04 bits per heavy atom. The molecule has 1 aromatic carbocycles. The summed E-state index contributed by atoms with van der Waals surface area (Å²) in [6.45, 7) is 2.76. The zero-order valence-electron chi connectivity index (χ0n) is 14.3. The van der Waals surface area contributed by atoms with Crippen LogP contribution in [-0.2, 0) is 11.3 Å². The second-order valence-corrected chi connectivity index (χ2v) is 7.37. The molecule has 3 heterocycles. The lowest BCUT2D eigenvalue weighted by molar-refractivity contribution is -0.125. The van der Waals surface area contributed by atoms with Crippen molar-refractivity contribution in [2.45, 2.75) is 19.4 Å². The van der Waals surface area contributed by atoms with Crippen LogP contribution in [0.3, 0.4) is 0 Å². The predicted octanol–water partition coefficient (Wildman–Crippen LogP) is 3.02. The number of imidazole rings is 1. The van der Waals surface area contributed by atoms with Gasteiger partial charge in [-0.1, -0.05) is 30.3 Å². The standard InChI is InChI=1S/C19H22N4OS/c1-20-18(24)15-7-9-22(10-8-15)13-16-17(14-5-3-2-4-6-14)21-19-23(16)11-12-25-19/h2-6,11-12,15H,7-10,13H2,1H3,(H,20,24). The van der Waals surface area contributed by atoms with Gasteiger partial charge in [0.05, 0.1) is 11.4 Å². The summed E-state index contributed by atoms with van der Waals surface area (Å²) in [6, 6.07) is 10.4.